The molecule has 0 radical (unpaired) electrons. The molecule has 0 fully saturated rings. The molecule has 44 heavy (non-hydrogen) atoms. The van der Waals surface area contributed by atoms with Gasteiger partial charge in [0.2, 0.25) is 0 Å². The molecule has 0 spiro atoms. The van der Waals surface area contributed by atoms with Gasteiger partial charge in [0.15, 0.2) is 16.5 Å². The predicted molar refractivity (Wildman–Crippen MR) is 153 cm³/mol. The van der Waals surface area contributed by atoms with Gasteiger partial charge in [-0.05, 0) is 48.5 Å². The number of carbonyl (C=O) groups is 1. The highest BCUT2D eigenvalue weighted by atomic mass is 32.2. The lowest BCUT2D eigenvalue weighted by molar-refractivity contribution is 0.102. The molecular weight excluding hydrogens is 594 g/mol. The number of nitrogens with zero attached hydrogens (tertiary/aromatic N) is 9. The molecular formula is C28H22F2N10O3S. The van der Waals surface area contributed by atoms with Crippen molar-refractivity contribution in [3.63, 3.8) is 0 Å². The number of amides is 1. The van der Waals surface area contributed by atoms with Crippen LogP contribution in [0.1, 0.15) is 16.1 Å². The quantitative estimate of drug-likeness (QED) is 0.301. The van der Waals surface area contributed by atoms with E-state index in [1.807, 2.05) is 0 Å². The molecule has 0 atom stereocenters. The SMILES string of the molecule is Cn1cnc(S(=O)(=O)N2CCn3nc(-c4ccc(F)cc4)c(-c4ccc5nc(NC(=O)c6ccncc6)c(F)n5n4)c3C2)c1. The Kier molecular flexibility index (Phi) is 6.51. The number of hydrogen-bond acceptors (Lipinski definition) is 8. The van der Waals surface area contributed by atoms with Crippen molar-refractivity contribution in [3.05, 3.63) is 96.5 Å². The third-order valence-electron chi connectivity index (χ3n) is 7.20. The number of imidazole rings is 2. The average molecular weight is 617 g/mol. The summed E-state index contributed by atoms with van der Waals surface area (Å²) in [7, 11) is -2.27. The van der Waals surface area contributed by atoms with Crippen molar-refractivity contribution in [1.29, 1.82) is 0 Å². The summed E-state index contributed by atoms with van der Waals surface area (Å²) in [6.45, 7) is 0.295. The summed E-state index contributed by atoms with van der Waals surface area (Å²) in [4.78, 5) is 24.7. The second-order valence-electron chi connectivity index (χ2n) is 10.0. The van der Waals surface area contributed by atoms with Crippen LogP contribution in [0, 0.1) is 11.8 Å². The van der Waals surface area contributed by atoms with Crippen LogP contribution < -0.4 is 5.32 Å². The number of pyridine rings is 1. The van der Waals surface area contributed by atoms with Crippen LogP contribution >= 0.6 is 0 Å². The van der Waals surface area contributed by atoms with Crippen LogP contribution in [0.4, 0.5) is 14.6 Å². The molecule has 0 saturated carbocycles. The van der Waals surface area contributed by atoms with Crippen LogP contribution in [-0.2, 0) is 30.2 Å². The molecule has 0 bridgehead atoms. The Morgan fingerprint density at radius 1 is 0.977 bits per heavy atom. The second-order valence-corrected chi connectivity index (χ2v) is 11.9. The number of fused-ring (bicyclic) bond motifs is 2. The maximum absolute atomic E-state index is 15.6. The van der Waals surface area contributed by atoms with E-state index in [0.717, 1.165) is 4.52 Å². The van der Waals surface area contributed by atoms with E-state index in [9.17, 15) is 17.6 Å². The zero-order chi connectivity index (χ0) is 30.6. The van der Waals surface area contributed by atoms with E-state index in [4.69, 9.17) is 5.10 Å². The van der Waals surface area contributed by atoms with Crippen molar-refractivity contribution in [3.8, 4) is 22.5 Å². The Morgan fingerprint density at radius 2 is 1.75 bits per heavy atom. The van der Waals surface area contributed by atoms with E-state index in [1.54, 1.807) is 34.5 Å². The second kappa shape index (κ2) is 10.4. The summed E-state index contributed by atoms with van der Waals surface area (Å²) >= 11 is 0. The van der Waals surface area contributed by atoms with E-state index in [1.165, 1.54) is 59.6 Å². The molecule has 0 saturated heterocycles. The van der Waals surface area contributed by atoms with E-state index in [2.05, 4.69) is 25.4 Å². The number of aromatic nitrogens is 8. The van der Waals surface area contributed by atoms with Gasteiger partial charge in [0.05, 0.1) is 36.4 Å². The molecule has 16 heteroatoms. The minimum Gasteiger partial charge on any atom is -0.339 e. The zero-order valence-corrected chi connectivity index (χ0v) is 23.8. The molecule has 0 aliphatic carbocycles. The standard InChI is InChI=1S/C28H22F2N10O3S/c1-37-15-23(32-16-37)44(42,43)38-12-13-39-21(14-38)24(25(36-39)17-2-4-19(29)5-3-17)20-6-7-22-33-27(26(30)40(22)35-20)34-28(41)18-8-10-31-11-9-18/h2-11,15-16H,12-14H2,1H3,(H,34,41). The number of carbonyl (C=O) groups excluding carboxylic acids is 1. The number of benzene rings is 1. The van der Waals surface area contributed by atoms with Gasteiger partial charge >= 0.3 is 0 Å². The number of rotatable bonds is 6. The maximum atomic E-state index is 15.6. The third-order valence-corrected chi connectivity index (χ3v) is 8.93. The van der Waals surface area contributed by atoms with Gasteiger partial charge < -0.3 is 9.88 Å². The molecule has 1 amide bonds. The van der Waals surface area contributed by atoms with Crippen molar-refractivity contribution in [2.45, 2.75) is 18.1 Å². The number of hydrogen-bond donors (Lipinski definition) is 1. The minimum absolute atomic E-state index is 0.0677. The first-order chi connectivity index (χ1) is 21.2. The van der Waals surface area contributed by atoms with Crippen molar-refractivity contribution >= 4 is 27.4 Å². The van der Waals surface area contributed by atoms with Crippen LogP contribution in [0.15, 0.2) is 78.5 Å². The van der Waals surface area contributed by atoms with Crippen molar-refractivity contribution in [2.75, 3.05) is 11.9 Å². The summed E-state index contributed by atoms with van der Waals surface area (Å²) < 4.78 is 61.8. The van der Waals surface area contributed by atoms with E-state index >= 15 is 4.39 Å². The fourth-order valence-corrected chi connectivity index (χ4v) is 6.39. The molecule has 1 N–H and O–H groups in total. The number of halogens is 2. The molecule has 7 rings (SSSR count). The normalized spacial score (nSPS) is 13.7. The number of nitrogens with one attached hydrogen (secondary N) is 1. The topological polar surface area (TPSA) is 145 Å². The molecule has 13 nitrogen and oxygen atoms in total. The van der Waals surface area contributed by atoms with E-state index in [0.29, 0.717) is 22.5 Å². The fraction of sp³-hybridized carbons (Fsp3) is 0.143. The van der Waals surface area contributed by atoms with E-state index < -0.39 is 27.7 Å². The predicted octanol–water partition coefficient (Wildman–Crippen LogP) is 3.12. The highest BCUT2D eigenvalue weighted by Gasteiger charge is 2.34. The Bertz CT molecular complexity index is 2160. The molecule has 0 unspecified atom stereocenters. The summed E-state index contributed by atoms with van der Waals surface area (Å²) in [6, 6.07) is 11.8. The van der Waals surface area contributed by atoms with Gasteiger partial charge in [-0.2, -0.15) is 23.4 Å². The molecule has 6 aromatic rings. The number of anilines is 1. The molecule has 1 aliphatic rings. The molecule has 222 valence electrons. The zero-order valence-electron chi connectivity index (χ0n) is 23.0. The van der Waals surface area contributed by atoms with Gasteiger partial charge in [0.25, 0.3) is 21.9 Å². The van der Waals surface area contributed by atoms with Gasteiger partial charge in [0, 0.05) is 43.3 Å². The summed E-state index contributed by atoms with van der Waals surface area (Å²) in [5.41, 5.74) is 2.57. The Labute approximate surface area is 248 Å². The highest BCUT2D eigenvalue weighted by Crippen LogP contribution is 2.37. The minimum atomic E-state index is -3.95. The van der Waals surface area contributed by atoms with Crippen LogP contribution in [0.25, 0.3) is 28.2 Å². The van der Waals surface area contributed by atoms with Crippen LogP contribution in [-0.4, -0.2) is 64.1 Å². The van der Waals surface area contributed by atoms with Crippen LogP contribution in [0.5, 0.6) is 0 Å². The first kappa shape index (κ1) is 27.5. The lowest BCUT2D eigenvalue weighted by Crippen LogP contribution is -2.38. The molecule has 5 aromatic heterocycles. The van der Waals surface area contributed by atoms with Crippen molar-refractivity contribution < 1.29 is 22.0 Å². The first-order valence-corrected chi connectivity index (χ1v) is 14.7. The highest BCUT2D eigenvalue weighted by molar-refractivity contribution is 7.89. The Balaban J connectivity index is 1.32. The van der Waals surface area contributed by atoms with Gasteiger partial charge in [-0.1, -0.05) is 0 Å². The van der Waals surface area contributed by atoms with Gasteiger partial charge in [0.1, 0.15) is 11.5 Å². The van der Waals surface area contributed by atoms with Crippen molar-refractivity contribution in [1.82, 2.24) is 43.2 Å². The summed E-state index contributed by atoms with van der Waals surface area (Å²) in [6.07, 6.45) is 5.72. The Morgan fingerprint density at radius 3 is 2.48 bits per heavy atom. The monoisotopic (exact) mass is 616 g/mol. The maximum Gasteiger partial charge on any atom is 0.262 e. The summed E-state index contributed by atoms with van der Waals surface area (Å²) in [5.74, 6) is -2.24. The summed E-state index contributed by atoms with van der Waals surface area (Å²) in [5, 5.41) is 11.6. The average Bonchev–Trinajstić information content (AvgIpc) is 3.73. The van der Waals surface area contributed by atoms with Gasteiger partial charge in [-0.3, -0.25) is 14.5 Å². The first-order valence-electron chi connectivity index (χ1n) is 13.3. The molecule has 1 aromatic carbocycles. The smallest absolute Gasteiger partial charge is 0.262 e. The van der Waals surface area contributed by atoms with Gasteiger partial charge in [-0.25, -0.2) is 22.8 Å². The largest absolute Gasteiger partial charge is 0.339 e. The third kappa shape index (κ3) is 4.69. The number of sulfonamides is 1. The van der Waals surface area contributed by atoms with Crippen molar-refractivity contribution in [2.24, 2.45) is 7.05 Å². The van der Waals surface area contributed by atoms with Crippen LogP contribution in [0.3, 0.4) is 0 Å². The van der Waals surface area contributed by atoms with E-state index in [-0.39, 0.29) is 47.4 Å². The van der Waals surface area contributed by atoms with Gasteiger partial charge in [-0.15, -0.1) is 0 Å². The van der Waals surface area contributed by atoms with Crippen LogP contribution in [0.2, 0.25) is 0 Å². The number of aryl methyl sites for hydroxylation is 1. The fourth-order valence-electron chi connectivity index (χ4n) is 5.04. The molecule has 6 heterocycles. The Hall–Kier alpha value is -5.35. The lowest BCUT2D eigenvalue weighted by atomic mass is 10.0. The lowest BCUT2D eigenvalue weighted by Gasteiger charge is -2.26. The molecule has 1 aliphatic heterocycles.